The third-order valence-electron chi connectivity index (χ3n) is 7.96. The predicted molar refractivity (Wildman–Crippen MR) is 140 cm³/mol. The van der Waals surface area contributed by atoms with E-state index in [9.17, 15) is 0 Å². The molecule has 162 valence electrons. The van der Waals surface area contributed by atoms with Crippen LogP contribution in [-0.2, 0) is 12.8 Å². The van der Waals surface area contributed by atoms with Gasteiger partial charge in [0.25, 0.3) is 0 Å². The largest absolute Gasteiger partial charge is 0.276 e. The first-order chi connectivity index (χ1) is 17.3. The minimum absolute atomic E-state index is 0.899. The second-order valence-electron chi connectivity index (χ2n) is 9.70. The van der Waals surface area contributed by atoms with E-state index >= 15 is 0 Å². The molecule has 4 heterocycles. The van der Waals surface area contributed by atoms with Gasteiger partial charge in [-0.2, -0.15) is 0 Å². The molecule has 0 saturated heterocycles. The Labute approximate surface area is 200 Å². The van der Waals surface area contributed by atoms with Crippen molar-refractivity contribution in [1.82, 2.24) is 19.4 Å². The van der Waals surface area contributed by atoms with Crippen LogP contribution in [0.5, 0.6) is 0 Å². The van der Waals surface area contributed by atoms with Crippen LogP contribution in [0.3, 0.4) is 0 Å². The van der Waals surface area contributed by atoms with Crippen molar-refractivity contribution in [2.45, 2.75) is 12.8 Å². The molecule has 4 aromatic heterocycles. The minimum atomic E-state index is 0.899. The van der Waals surface area contributed by atoms with Crippen LogP contribution in [0.2, 0.25) is 0 Å². The molecule has 7 aromatic rings. The van der Waals surface area contributed by atoms with Gasteiger partial charge in [-0.25, -0.2) is 9.97 Å². The van der Waals surface area contributed by atoms with Gasteiger partial charge in [0.05, 0.1) is 11.7 Å². The molecule has 9 rings (SSSR count). The van der Waals surface area contributed by atoms with Gasteiger partial charge in [-0.05, 0) is 93.1 Å². The van der Waals surface area contributed by atoms with Crippen LogP contribution in [0, 0.1) is 0 Å². The van der Waals surface area contributed by atoms with Gasteiger partial charge >= 0.3 is 0 Å². The lowest BCUT2D eigenvalue weighted by atomic mass is 9.97. The first-order valence-corrected chi connectivity index (χ1v) is 12.0. The lowest BCUT2D eigenvalue weighted by Gasteiger charge is -2.12. The molecule has 2 aliphatic rings. The summed E-state index contributed by atoms with van der Waals surface area (Å²) in [4.78, 5) is 14.2. The molecule has 4 heteroatoms. The van der Waals surface area contributed by atoms with Crippen molar-refractivity contribution in [1.29, 1.82) is 0 Å². The third kappa shape index (κ3) is 2.15. The maximum absolute atomic E-state index is 5.09. The highest BCUT2D eigenvalue weighted by atomic mass is 15.1. The fraction of sp³-hybridized carbons (Fsp3) is 0.0645. The summed E-state index contributed by atoms with van der Waals surface area (Å²) < 4.78 is 2.22. The number of rotatable bonds is 0. The summed E-state index contributed by atoms with van der Waals surface area (Å²) in [5, 5.41) is 3.60. The average molecular weight is 447 g/mol. The van der Waals surface area contributed by atoms with Crippen molar-refractivity contribution in [2.24, 2.45) is 0 Å². The van der Waals surface area contributed by atoms with Gasteiger partial charge in [-0.1, -0.05) is 36.4 Å². The predicted octanol–water partition coefficient (Wildman–Crippen LogP) is 6.73. The van der Waals surface area contributed by atoms with Crippen molar-refractivity contribution in [3.8, 4) is 22.3 Å². The van der Waals surface area contributed by atoms with Gasteiger partial charge in [0, 0.05) is 23.2 Å². The van der Waals surface area contributed by atoms with Crippen molar-refractivity contribution < 1.29 is 0 Å². The van der Waals surface area contributed by atoms with E-state index in [1.165, 1.54) is 55.3 Å². The number of hydrogen-bond acceptors (Lipinski definition) is 3. The standard InChI is InChI=1S/C31H18N4/c1-2-5-20-17(4-1)12-18-13-25-19(14-24(18)20)15-26-21(25)7-8-22-23-6-3-10-33-30(23)35-28-9-11-32-16-27(28)34-31(35)29(22)26/h1-11,13-14,16H,12,15H2. The first-order valence-electron chi connectivity index (χ1n) is 12.0. The minimum Gasteiger partial charge on any atom is -0.276 e. The van der Waals surface area contributed by atoms with Gasteiger partial charge in [-0.3, -0.25) is 9.38 Å². The Morgan fingerprint density at radius 1 is 0.657 bits per heavy atom. The highest BCUT2D eigenvalue weighted by molar-refractivity contribution is 6.16. The van der Waals surface area contributed by atoms with Crippen molar-refractivity contribution >= 4 is 38.5 Å². The molecule has 0 amide bonds. The van der Waals surface area contributed by atoms with E-state index in [0.29, 0.717) is 0 Å². The quantitative estimate of drug-likeness (QED) is 0.243. The number of pyridine rings is 3. The molecule has 35 heavy (non-hydrogen) atoms. The second kappa shape index (κ2) is 6.10. The maximum Gasteiger partial charge on any atom is 0.147 e. The van der Waals surface area contributed by atoms with Gasteiger partial charge in [0.1, 0.15) is 16.8 Å². The molecule has 0 atom stereocenters. The van der Waals surface area contributed by atoms with Crippen LogP contribution in [0.25, 0.3) is 60.7 Å². The van der Waals surface area contributed by atoms with Crippen molar-refractivity contribution in [3.05, 3.63) is 108 Å². The Morgan fingerprint density at radius 3 is 2.51 bits per heavy atom. The van der Waals surface area contributed by atoms with E-state index in [0.717, 1.165) is 40.6 Å². The Hall–Kier alpha value is -4.57. The Morgan fingerprint density at radius 2 is 1.54 bits per heavy atom. The smallest absolute Gasteiger partial charge is 0.147 e. The molecule has 0 saturated carbocycles. The first kappa shape index (κ1) is 17.8. The highest BCUT2D eigenvalue weighted by Crippen LogP contribution is 2.47. The van der Waals surface area contributed by atoms with E-state index in [1.54, 1.807) is 0 Å². The number of fused-ring (bicyclic) bond motifs is 15. The summed E-state index contributed by atoms with van der Waals surface area (Å²) in [6.45, 7) is 0. The van der Waals surface area contributed by atoms with Gasteiger partial charge in [0.2, 0.25) is 0 Å². The molecular formula is C31H18N4. The van der Waals surface area contributed by atoms with Crippen LogP contribution < -0.4 is 0 Å². The molecule has 4 nitrogen and oxygen atoms in total. The van der Waals surface area contributed by atoms with Crippen LogP contribution in [0.1, 0.15) is 22.3 Å². The summed E-state index contributed by atoms with van der Waals surface area (Å²) in [7, 11) is 0. The fourth-order valence-corrected chi connectivity index (χ4v) is 6.48. The van der Waals surface area contributed by atoms with E-state index in [-0.39, 0.29) is 0 Å². The van der Waals surface area contributed by atoms with E-state index < -0.39 is 0 Å². The summed E-state index contributed by atoms with van der Waals surface area (Å²) >= 11 is 0. The summed E-state index contributed by atoms with van der Waals surface area (Å²) in [5.41, 5.74) is 15.0. The van der Waals surface area contributed by atoms with Gasteiger partial charge in [-0.15, -0.1) is 0 Å². The zero-order valence-electron chi connectivity index (χ0n) is 18.8. The van der Waals surface area contributed by atoms with Crippen LogP contribution >= 0.6 is 0 Å². The summed E-state index contributed by atoms with van der Waals surface area (Å²) in [6, 6.07) is 24.5. The van der Waals surface area contributed by atoms with Crippen LogP contribution in [0.4, 0.5) is 0 Å². The maximum atomic E-state index is 5.09. The SMILES string of the molecule is c1ccc2c(c1)Cc1cc3c(cc1-2)Cc1c-3ccc2c3cccnc3n3c4ccncc4nc3c12. The number of benzene rings is 3. The highest BCUT2D eigenvalue weighted by Gasteiger charge is 2.28. The molecule has 2 aliphatic carbocycles. The van der Waals surface area contributed by atoms with E-state index in [4.69, 9.17) is 9.97 Å². The fourth-order valence-electron chi connectivity index (χ4n) is 6.48. The van der Waals surface area contributed by atoms with E-state index in [1.807, 2.05) is 30.7 Å². The molecule has 0 bridgehead atoms. The van der Waals surface area contributed by atoms with Gasteiger partial charge in [0.15, 0.2) is 0 Å². The molecule has 0 radical (unpaired) electrons. The molecule has 3 aromatic carbocycles. The molecule has 0 unspecified atom stereocenters. The van der Waals surface area contributed by atoms with Crippen LogP contribution in [0.15, 0.2) is 85.3 Å². The third-order valence-corrected chi connectivity index (χ3v) is 7.96. The number of hydrogen-bond donors (Lipinski definition) is 0. The molecule has 0 fully saturated rings. The lowest BCUT2D eigenvalue weighted by Crippen LogP contribution is -1.96. The van der Waals surface area contributed by atoms with Crippen molar-refractivity contribution in [2.75, 3.05) is 0 Å². The molecule has 0 aliphatic heterocycles. The van der Waals surface area contributed by atoms with Gasteiger partial charge < -0.3 is 0 Å². The lowest BCUT2D eigenvalue weighted by molar-refractivity contribution is 1.22. The molecule has 0 N–H and O–H groups in total. The monoisotopic (exact) mass is 446 g/mol. The molecule has 0 spiro atoms. The molecular weight excluding hydrogens is 428 g/mol. The number of aromatic nitrogens is 4. The average Bonchev–Trinajstić information content (AvgIpc) is 3.58. The van der Waals surface area contributed by atoms with E-state index in [2.05, 4.69) is 64.0 Å². The Kier molecular flexibility index (Phi) is 3.11. The Balaban J connectivity index is 1.40. The number of imidazole rings is 1. The topological polar surface area (TPSA) is 43.1 Å². The van der Waals surface area contributed by atoms with Crippen molar-refractivity contribution in [3.63, 3.8) is 0 Å². The number of nitrogens with zero attached hydrogens (tertiary/aromatic N) is 4. The summed E-state index contributed by atoms with van der Waals surface area (Å²) in [6.07, 6.45) is 7.48. The second-order valence-corrected chi connectivity index (χ2v) is 9.70. The zero-order chi connectivity index (χ0) is 22.7. The summed E-state index contributed by atoms with van der Waals surface area (Å²) in [5.74, 6) is 0. The normalized spacial score (nSPS) is 13.5. The van der Waals surface area contributed by atoms with Crippen LogP contribution in [-0.4, -0.2) is 19.4 Å². The Bertz CT molecular complexity index is 2070. The zero-order valence-corrected chi connectivity index (χ0v) is 18.8.